The molecule has 1 aliphatic heterocycles. The highest BCUT2D eigenvalue weighted by Crippen LogP contribution is 2.23. The number of carbonyl (C=O) groups excluding carboxylic acids is 2. The van der Waals surface area contributed by atoms with Crippen molar-refractivity contribution in [2.24, 2.45) is 5.92 Å². The highest BCUT2D eigenvalue weighted by Gasteiger charge is 2.29. The van der Waals surface area contributed by atoms with Crippen LogP contribution in [0.3, 0.4) is 0 Å². The van der Waals surface area contributed by atoms with Crippen LogP contribution in [0.4, 0.5) is 5.69 Å². The van der Waals surface area contributed by atoms with Crippen molar-refractivity contribution in [2.45, 2.75) is 26.7 Å². The zero-order valence-electron chi connectivity index (χ0n) is 16.1. The van der Waals surface area contributed by atoms with Gasteiger partial charge < -0.3 is 14.6 Å². The van der Waals surface area contributed by atoms with Gasteiger partial charge in [0.2, 0.25) is 5.91 Å². The molecule has 28 heavy (non-hydrogen) atoms. The van der Waals surface area contributed by atoms with E-state index in [1.165, 1.54) is 0 Å². The van der Waals surface area contributed by atoms with Gasteiger partial charge in [0.15, 0.2) is 11.5 Å². The summed E-state index contributed by atoms with van der Waals surface area (Å²) in [6.07, 6.45) is 1.59. The summed E-state index contributed by atoms with van der Waals surface area (Å²) in [6.45, 7) is 4.90. The molecule has 0 spiro atoms. The number of likely N-dealkylation sites (tertiary alicyclic amines) is 1. The number of fused-ring (bicyclic) bond motifs is 1. The van der Waals surface area contributed by atoms with Gasteiger partial charge in [-0.2, -0.15) is 0 Å². The Morgan fingerprint density at radius 3 is 2.71 bits per heavy atom. The van der Waals surface area contributed by atoms with Crippen molar-refractivity contribution < 1.29 is 14.0 Å². The largest absolute Gasteiger partial charge is 0.441 e. The maximum Gasteiger partial charge on any atom is 0.253 e. The monoisotopic (exact) mass is 377 g/mol. The summed E-state index contributed by atoms with van der Waals surface area (Å²) in [4.78, 5) is 31.6. The molecule has 1 saturated heterocycles. The average molecular weight is 377 g/mol. The molecule has 0 bridgehead atoms. The first kappa shape index (κ1) is 18.2. The summed E-state index contributed by atoms with van der Waals surface area (Å²) in [5, 5.41) is 2.96. The highest BCUT2D eigenvalue weighted by atomic mass is 16.3. The lowest BCUT2D eigenvalue weighted by Gasteiger charge is -2.32. The van der Waals surface area contributed by atoms with E-state index in [1.807, 2.05) is 43.3 Å². The van der Waals surface area contributed by atoms with Gasteiger partial charge in [0.25, 0.3) is 5.91 Å². The number of hydrogen-bond acceptors (Lipinski definition) is 4. The van der Waals surface area contributed by atoms with Crippen molar-refractivity contribution in [1.29, 1.82) is 0 Å². The second-order valence-electron chi connectivity index (χ2n) is 7.36. The van der Waals surface area contributed by atoms with Gasteiger partial charge in [-0.25, -0.2) is 4.98 Å². The van der Waals surface area contributed by atoms with Crippen molar-refractivity contribution in [3.8, 4) is 0 Å². The molecule has 2 amide bonds. The Balaban J connectivity index is 1.43. The van der Waals surface area contributed by atoms with E-state index in [1.54, 1.807) is 17.9 Å². The Bertz CT molecular complexity index is 1020. The van der Waals surface area contributed by atoms with Gasteiger partial charge in [-0.3, -0.25) is 9.59 Å². The average Bonchev–Trinajstić information content (AvgIpc) is 3.07. The molecular formula is C22H23N3O3. The molecular weight excluding hydrogens is 354 g/mol. The quantitative estimate of drug-likeness (QED) is 0.750. The third kappa shape index (κ3) is 3.76. The Labute approximate surface area is 163 Å². The van der Waals surface area contributed by atoms with Gasteiger partial charge in [-0.15, -0.1) is 0 Å². The van der Waals surface area contributed by atoms with E-state index in [9.17, 15) is 9.59 Å². The van der Waals surface area contributed by atoms with Gasteiger partial charge in [0.05, 0.1) is 5.92 Å². The Hall–Kier alpha value is -3.15. The van der Waals surface area contributed by atoms with Crippen molar-refractivity contribution in [3.63, 3.8) is 0 Å². The van der Waals surface area contributed by atoms with Crippen molar-refractivity contribution in [1.82, 2.24) is 9.88 Å². The minimum atomic E-state index is -0.227. The van der Waals surface area contributed by atoms with E-state index in [0.29, 0.717) is 35.8 Å². The number of carbonyl (C=O) groups is 2. The molecule has 2 heterocycles. The van der Waals surface area contributed by atoms with Crippen LogP contribution in [0, 0.1) is 19.8 Å². The van der Waals surface area contributed by atoms with Crippen molar-refractivity contribution >= 4 is 28.6 Å². The first-order valence-corrected chi connectivity index (χ1v) is 9.53. The Morgan fingerprint density at radius 1 is 1.14 bits per heavy atom. The molecule has 1 N–H and O–H groups in total. The number of oxazole rings is 1. The first-order chi connectivity index (χ1) is 13.5. The SMILES string of the molecule is Cc1ccc(C(=O)N2CCCC(C(=O)Nc3ccc4nc(C)oc4c3)C2)cc1. The van der Waals surface area contributed by atoms with E-state index in [2.05, 4.69) is 10.3 Å². The first-order valence-electron chi connectivity index (χ1n) is 9.53. The maximum atomic E-state index is 12.8. The molecule has 1 atom stereocenters. The molecule has 1 aliphatic rings. The van der Waals surface area contributed by atoms with Crippen molar-refractivity contribution in [2.75, 3.05) is 18.4 Å². The summed E-state index contributed by atoms with van der Waals surface area (Å²) < 4.78 is 5.53. The number of rotatable bonds is 3. The summed E-state index contributed by atoms with van der Waals surface area (Å²) >= 11 is 0. The topological polar surface area (TPSA) is 75.4 Å². The fraction of sp³-hybridized carbons (Fsp3) is 0.318. The number of benzene rings is 2. The molecule has 4 rings (SSSR count). The van der Waals surface area contributed by atoms with Crippen LogP contribution < -0.4 is 5.32 Å². The summed E-state index contributed by atoms with van der Waals surface area (Å²) in [7, 11) is 0. The molecule has 1 aromatic heterocycles. The van der Waals surface area contributed by atoms with Crippen LogP contribution in [0.2, 0.25) is 0 Å². The smallest absolute Gasteiger partial charge is 0.253 e. The van der Waals surface area contributed by atoms with Gasteiger partial charge >= 0.3 is 0 Å². The van der Waals surface area contributed by atoms with Crippen LogP contribution in [0.5, 0.6) is 0 Å². The predicted molar refractivity (Wildman–Crippen MR) is 107 cm³/mol. The van der Waals surface area contributed by atoms with Crippen LogP contribution >= 0.6 is 0 Å². The van der Waals surface area contributed by atoms with Gasteiger partial charge in [-0.1, -0.05) is 17.7 Å². The molecule has 144 valence electrons. The summed E-state index contributed by atoms with van der Waals surface area (Å²) in [5.41, 5.74) is 3.87. The number of aryl methyl sites for hydroxylation is 2. The number of anilines is 1. The summed E-state index contributed by atoms with van der Waals surface area (Å²) in [6, 6.07) is 13.0. The Morgan fingerprint density at radius 2 is 1.93 bits per heavy atom. The van der Waals surface area contributed by atoms with Gasteiger partial charge in [0.1, 0.15) is 5.52 Å². The van der Waals surface area contributed by atoms with E-state index in [0.717, 1.165) is 23.9 Å². The highest BCUT2D eigenvalue weighted by molar-refractivity contribution is 5.97. The van der Waals surface area contributed by atoms with Crippen molar-refractivity contribution in [3.05, 3.63) is 59.5 Å². The second-order valence-corrected chi connectivity index (χ2v) is 7.36. The molecule has 0 radical (unpaired) electrons. The fourth-order valence-electron chi connectivity index (χ4n) is 3.62. The third-order valence-electron chi connectivity index (χ3n) is 5.14. The lowest BCUT2D eigenvalue weighted by molar-refractivity contribution is -0.121. The fourth-order valence-corrected chi connectivity index (χ4v) is 3.62. The van der Waals surface area contributed by atoms with E-state index < -0.39 is 0 Å². The minimum Gasteiger partial charge on any atom is -0.441 e. The number of nitrogens with zero attached hydrogens (tertiary/aromatic N) is 2. The van der Waals surface area contributed by atoms with Gasteiger partial charge in [0, 0.05) is 37.3 Å². The third-order valence-corrected chi connectivity index (χ3v) is 5.14. The van der Waals surface area contributed by atoms with E-state index in [-0.39, 0.29) is 17.7 Å². The number of aromatic nitrogens is 1. The molecule has 0 saturated carbocycles. The van der Waals surface area contributed by atoms with Crippen LogP contribution in [0.15, 0.2) is 46.9 Å². The zero-order valence-corrected chi connectivity index (χ0v) is 16.1. The molecule has 0 aliphatic carbocycles. The number of piperidine rings is 1. The molecule has 2 aromatic carbocycles. The van der Waals surface area contributed by atoms with E-state index >= 15 is 0 Å². The van der Waals surface area contributed by atoms with Crippen LogP contribution in [-0.4, -0.2) is 34.8 Å². The minimum absolute atomic E-state index is 0.0175. The Kier molecular flexibility index (Phi) is 4.86. The van der Waals surface area contributed by atoms with Gasteiger partial charge in [-0.05, 0) is 44.0 Å². The lowest BCUT2D eigenvalue weighted by atomic mass is 9.96. The van der Waals surface area contributed by atoms with E-state index in [4.69, 9.17) is 4.42 Å². The van der Waals surface area contributed by atoms with Crippen LogP contribution in [0.25, 0.3) is 11.1 Å². The molecule has 6 nitrogen and oxygen atoms in total. The zero-order chi connectivity index (χ0) is 19.7. The summed E-state index contributed by atoms with van der Waals surface area (Å²) in [5.74, 6) is 0.277. The number of amides is 2. The second kappa shape index (κ2) is 7.46. The number of hydrogen-bond donors (Lipinski definition) is 1. The van der Waals surface area contributed by atoms with Crippen LogP contribution in [0.1, 0.15) is 34.7 Å². The van der Waals surface area contributed by atoms with Crippen LogP contribution in [-0.2, 0) is 4.79 Å². The molecule has 6 heteroatoms. The molecule has 3 aromatic rings. The predicted octanol–water partition coefficient (Wildman–Crippen LogP) is 3.94. The lowest BCUT2D eigenvalue weighted by Crippen LogP contribution is -2.43. The standard InChI is InChI=1S/C22H23N3O3/c1-14-5-7-16(8-6-14)22(27)25-11-3-4-17(13-25)21(26)24-18-9-10-19-20(12-18)28-15(2)23-19/h5-10,12,17H,3-4,11,13H2,1-2H3,(H,24,26). The number of nitrogens with one attached hydrogen (secondary N) is 1. The molecule has 1 fully saturated rings. The maximum absolute atomic E-state index is 12.8. The normalized spacial score (nSPS) is 16.9. The molecule has 1 unspecified atom stereocenters.